The van der Waals surface area contributed by atoms with Crippen molar-refractivity contribution in [3.8, 4) is 11.5 Å². The van der Waals surface area contributed by atoms with Crippen molar-refractivity contribution in [2.24, 2.45) is 0 Å². The summed E-state index contributed by atoms with van der Waals surface area (Å²) in [5, 5.41) is 7.11. The summed E-state index contributed by atoms with van der Waals surface area (Å²) in [5.41, 5.74) is 1.38. The number of hydrogen-bond acceptors (Lipinski definition) is 7. The van der Waals surface area contributed by atoms with E-state index in [-0.39, 0.29) is 10.8 Å². The van der Waals surface area contributed by atoms with Crippen molar-refractivity contribution in [1.82, 2.24) is 19.8 Å². The van der Waals surface area contributed by atoms with Gasteiger partial charge in [0.25, 0.3) is 5.89 Å². The van der Waals surface area contributed by atoms with E-state index in [1.165, 1.54) is 7.05 Å². The highest BCUT2D eigenvalue weighted by Gasteiger charge is 2.16. The Morgan fingerprint density at radius 3 is 2.67 bits per heavy atom. The van der Waals surface area contributed by atoms with E-state index in [0.29, 0.717) is 29.6 Å². The zero-order chi connectivity index (χ0) is 19.4. The van der Waals surface area contributed by atoms with E-state index in [1.807, 2.05) is 13.8 Å². The number of benzene rings is 1. The van der Waals surface area contributed by atoms with Crippen molar-refractivity contribution in [3.63, 3.8) is 0 Å². The van der Waals surface area contributed by atoms with Gasteiger partial charge in [-0.1, -0.05) is 37.2 Å². The van der Waals surface area contributed by atoms with E-state index in [4.69, 9.17) is 4.52 Å². The van der Waals surface area contributed by atoms with Crippen molar-refractivity contribution in [3.05, 3.63) is 54.0 Å². The molecule has 2 N–H and O–H groups in total. The van der Waals surface area contributed by atoms with Crippen molar-refractivity contribution >= 4 is 15.8 Å². The lowest BCUT2D eigenvalue weighted by Crippen LogP contribution is -2.20. The predicted octanol–water partition coefficient (Wildman–Crippen LogP) is 2.78. The van der Waals surface area contributed by atoms with Gasteiger partial charge < -0.3 is 9.84 Å². The smallest absolute Gasteiger partial charge is 0.258 e. The molecule has 3 aromatic rings. The van der Waals surface area contributed by atoms with Crippen LogP contribution in [0.4, 0.5) is 5.82 Å². The maximum Gasteiger partial charge on any atom is 0.258 e. The standard InChI is InChI=1S/C18H21N5O3S/c1-12(2)17-22-18(26-23-17)13-8-9-20-16(10-13)21-11-14-6-4-5-7-15(14)27(24,25)19-3/h4-10,12,19H,11H2,1-3H3,(H,20,21). The van der Waals surface area contributed by atoms with Gasteiger partial charge in [-0.15, -0.1) is 0 Å². The van der Waals surface area contributed by atoms with Crippen molar-refractivity contribution in [2.75, 3.05) is 12.4 Å². The number of sulfonamides is 1. The van der Waals surface area contributed by atoms with Gasteiger partial charge in [0.05, 0.1) is 4.90 Å². The molecule has 0 unspecified atom stereocenters. The number of aromatic nitrogens is 3. The molecule has 142 valence electrons. The van der Waals surface area contributed by atoms with Gasteiger partial charge in [0.2, 0.25) is 10.0 Å². The first-order valence-corrected chi connectivity index (χ1v) is 9.94. The Balaban J connectivity index is 1.80. The molecule has 0 saturated heterocycles. The summed E-state index contributed by atoms with van der Waals surface area (Å²) < 4.78 is 31.9. The normalized spacial score (nSPS) is 11.7. The number of nitrogens with zero attached hydrogens (tertiary/aromatic N) is 3. The van der Waals surface area contributed by atoms with Crippen LogP contribution in [0, 0.1) is 0 Å². The van der Waals surface area contributed by atoms with Crippen LogP contribution in [0.5, 0.6) is 0 Å². The minimum absolute atomic E-state index is 0.174. The average molecular weight is 387 g/mol. The van der Waals surface area contributed by atoms with Crippen LogP contribution in [-0.4, -0.2) is 30.6 Å². The van der Waals surface area contributed by atoms with Crippen molar-refractivity contribution in [1.29, 1.82) is 0 Å². The monoisotopic (exact) mass is 387 g/mol. The molecule has 0 fully saturated rings. The molecular formula is C18H21N5O3S. The maximum atomic E-state index is 12.1. The SMILES string of the molecule is CNS(=O)(=O)c1ccccc1CNc1cc(-c2nc(C(C)C)no2)ccn1. The van der Waals surface area contributed by atoms with Gasteiger partial charge in [0, 0.05) is 24.2 Å². The lowest BCUT2D eigenvalue weighted by atomic mass is 10.2. The molecule has 0 saturated carbocycles. The molecule has 3 rings (SSSR count). The number of rotatable bonds is 7. The second kappa shape index (κ2) is 7.85. The third-order valence-corrected chi connectivity index (χ3v) is 5.47. The summed E-state index contributed by atoms with van der Waals surface area (Å²) in [5.74, 6) is 1.81. The fraction of sp³-hybridized carbons (Fsp3) is 0.278. The van der Waals surface area contributed by atoms with Crippen LogP contribution in [-0.2, 0) is 16.6 Å². The van der Waals surface area contributed by atoms with Gasteiger partial charge in [0.1, 0.15) is 5.82 Å². The zero-order valence-electron chi connectivity index (χ0n) is 15.3. The van der Waals surface area contributed by atoms with Crippen LogP contribution >= 0.6 is 0 Å². The van der Waals surface area contributed by atoms with Gasteiger partial charge >= 0.3 is 0 Å². The highest BCUT2D eigenvalue weighted by atomic mass is 32.2. The maximum absolute atomic E-state index is 12.1. The average Bonchev–Trinajstić information content (AvgIpc) is 3.17. The summed E-state index contributed by atoms with van der Waals surface area (Å²) in [6.45, 7) is 4.28. The van der Waals surface area contributed by atoms with E-state index in [9.17, 15) is 8.42 Å². The Morgan fingerprint density at radius 1 is 1.19 bits per heavy atom. The van der Waals surface area contributed by atoms with Crippen LogP contribution < -0.4 is 10.0 Å². The number of nitrogens with one attached hydrogen (secondary N) is 2. The van der Waals surface area contributed by atoms with E-state index >= 15 is 0 Å². The van der Waals surface area contributed by atoms with Crippen LogP contribution in [0.3, 0.4) is 0 Å². The Hall–Kier alpha value is -2.78. The predicted molar refractivity (Wildman–Crippen MR) is 102 cm³/mol. The lowest BCUT2D eigenvalue weighted by molar-refractivity contribution is 0.419. The first-order chi connectivity index (χ1) is 12.9. The highest BCUT2D eigenvalue weighted by molar-refractivity contribution is 7.89. The summed E-state index contributed by atoms with van der Waals surface area (Å²) >= 11 is 0. The molecule has 8 nitrogen and oxygen atoms in total. The minimum atomic E-state index is -3.53. The molecule has 0 atom stereocenters. The Labute approximate surface area is 158 Å². The summed E-state index contributed by atoms with van der Waals surface area (Å²) in [6, 6.07) is 10.4. The molecule has 2 heterocycles. The summed E-state index contributed by atoms with van der Waals surface area (Å²) in [4.78, 5) is 8.87. The quantitative estimate of drug-likeness (QED) is 0.641. The Kier molecular flexibility index (Phi) is 5.52. The molecule has 0 bridgehead atoms. The van der Waals surface area contributed by atoms with E-state index < -0.39 is 10.0 Å². The number of hydrogen-bond donors (Lipinski definition) is 2. The van der Waals surface area contributed by atoms with Gasteiger partial charge in [-0.2, -0.15) is 4.98 Å². The van der Waals surface area contributed by atoms with Crippen LogP contribution in [0.1, 0.15) is 31.2 Å². The third kappa shape index (κ3) is 4.32. The molecule has 0 aliphatic carbocycles. The van der Waals surface area contributed by atoms with Crippen LogP contribution in [0.15, 0.2) is 52.0 Å². The van der Waals surface area contributed by atoms with E-state index in [0.717, 1.165) is 5.56 Å². The van der Waals surface area contributed by atoms with Gasteiger partial charge in [-0.05, 0) is 30.8 Å². The van der Waals surface area contributed by atoms with Crippen molar-refractivity contribution in [2.45, 2.75) is 31.2 Å². The first kappa shape index (κ1) is 19.0. The minimum Gasteiger partial charge on any atom is -0.366 e. The third-order valence-electron chi connectivity index (χ3n) is 3.96. The molecular weight excluding hydrogens is 366 g/mol. The summed E-state index contributed by atoms with van der Waals surface area (Å²) in [6.07, 6.45) is 1.63. The van der Waals surface area contributed by atoms with Gasteiger partial charge in [-0.3, -0.25) is 0 Å². The zero-order valence-corrected chi connectivity index (χ0v) is 16.1. The second-order valence-corrected chi connectivity index (χ2v) is 8.07. The Morgan fingerprint density at radius 2 is 1.96 bits per heavy atom. The summed E-state index contributed by atoms with van der Waals surface area (Å²) in [7, 11) is -2.14. The van der Waals surface area contributed by atoms with E-state index in [2.05, 4.69) is 25.2 Å². The molecule has 0 amide bonds. The number of pyridine rings is 1. The molecule has 2 aromatic heterocycles. The first-order valence-electron chi connectivity index (χ1n) is 8.46. The topological polar surface area (TPSA) is 110 Å². The molecule has 27 heavy (non-hydrogen) atoms. The van der Waals surface area contributed by atoms with Crippen molar-refractivity contribution < 1.29 is 12.9 Å². The number of anilines is 1. The fourth-order valence-corrected chi connectivity index (χ4v) is 3.42. The largest absolute Gasteiger partial charge is 0.366 e. The molecule has 9 heteroatoms. The highest BCUT2D eigenvalue weighted by Crippen LogP contribution is 2.22. The van der Waals surface area contributed by atoms with Gasteiger partial charge in [0.15, 0.2) is 5.82 Å². The van der Waals surface area contributed by atoms with Gasteiger partial charge in [-0.25, -0.2) is 18.1 Å². The lowest BCUT2D eigenvalue weighted by Gasteiger charge is -2.11. The fourth-order valence-electron chi connectivity index (χ4n) is 2.45. The van der Waals surface area contributed by atoms with E-state index in [1.54, 1.807) is 42.6 Å². The second-order valence-electron chi connectivity index (χ2n) is 6.21. The van der Waals surface area contributed by atoms with Crippen LogP contribution in [0.2, 0.25) is 0 Å². The molecule has 0 spiro atoms. The Bertz CT molecular complexity index is 1030. The molecule has 1 aromatic carbocycles. The molecule has 0 aliphatic rings. The van der Waals surface area contributed by atoms with Crippen LogP contribution in [0.25, 0.3) is 11.5 Å². The molecule has 0 radical (unpaired) electrons. The molecule has 0 aliphatic heterocycles.